The van der Waals surface area contributed by atoms with Crippen LogP contribution in [0.1, 0.15) is 60.3 Å². The van der Waals surface area contributed by atoms with Crippen LogP contribution in [0.3, 0.4) is 0 Å². The molecule has 1 nitrogen and oxygen atoms in total. The Hall–Kier alpha value is -0.590. The van der Waals surface area contributed by atoms with E-state index in [4.69, 9.17) is 0 Å². The maximum atomic E-state index is 12.3. The van der Waals surface area contributed by atoms with Gasteiger partial charge in [-0.25, -0.2) is 0 Å². The molecule has 1 heteroatoms. The van der Waals surface area contributed by atoms with Gasteiger partial charge in [0.2, 0.25) is 0 Å². The van der Waals surface area contributed by atoms with Crippen molar-refractivity contribution in [2.75, 3.05) is 0 Å². The first-order chi connectivity index (χ1) is 8.26. The lowest BCUT2D eigenvalue weighted by atomic mass is 9.58. The smallest absolute Gasteiger partial charge is 0.136 e. The Morgan fingerprint density at radius 3 is 2.61 bits per heavy atom. The summed E-state index contributed by atoms with van der Waals surface area (Å²) in [6.45, 7) is 11.3. The lowest BCUT2D eigenvalue weighted by Crippen LogP contribution is -2.43. The Balaban J connectivity index is 2.16. The van der Waals surface area contributed by atoms with E-state index in [0.29, 0.717) is 17.1 Å². The summed E-state index contributed by atoms with van der Waals surface area (Å²) in [5, 5.41) is 0. The van der Waals surface area contributed by atoms with E-state index in [2.05, 4.69) is 33.8 Å². The Bertz CT molecular complexity index is 445. The standard InChI is InChI=1S/C17H26O/c1-11-6-9-17-10-13(11)15(3,4)14(17)7-8-16(17,5)12(2)18/h6,13-14H,7-10H2,1-5H3/t13?,14?,16-,17+/m1/s1. The van der Waals surface area contributed by atoms with Crippen LogP contribution in [0.15, 0.2) is 11.6 Å². The van der Waals surface area contributed by atoms with Crippen LogP contribution >= 0.6 is 0 Å². The third-order valence-corrected chi connectivity index (χ3v) is 7.18. The largest absolute Gasteiger partial charge is 0.299 e. The van der Waals surface area contributed by atoms with E-state index in [1.807, 2.05) is 6.92 Å². The minimum atomic E-state index is -0.0686. The van der Waals surface area contributed by atoms with Gasteiger partial charge in [0.05, 0.1) is 0 Å². The number of fused-ring (bicyclic) bond motifs is 1. The fourth-order valence-corrected chi connectivity index (χ4v) is 5.88. The van der Waals surface area contributed by atoms with E-state index in [9.17, 15) is 4.79 Å². The van der Waals surface area contributed by atoms with Gasteiger partial charge in [0.1, 0.15) is 5.78 Å². The number of hydrogen-bond acceptors (Lipinski definition) is 1. The average Bonchev–Trinajstić information content (AvgIpc) is 2.67. The van der Waals surface area contributed by atoms with Crippen LogP contribution in [0.4, 0.5) is 0 Å². The van der Waals surface area contributed by atoms with Crippen molar-refractivity contribution in [3.8, 4) is 0 Å². The summed E-state index contributed by atoms with van der Waals surface area (Å²) in [7, 11) is 0. The summed E-state index contributed by atoms with van der Waals surface area (Å²) in [5.74, 6) is 1.86. The zero-order valence-corrected chi connectivity index (χ0v) is 12.5. The second-order valence-electron chi connectivity index (χ2n) is 7.87. The fourth-order valence-electron chi connectivity index (χ4n) is 5.88. The quantitative estimate of drug-likeness (QED) is 0.628. The summed E-state index contributed by atoms with van der Waals surface area (Å²) < 4.78 is 0. The van der Waals surface area contributed by atoms with Crippen LogP contribution in [0, 0.1) is 28.1 Å². The third-order valence-electron chi connectivity index (χ3n) is 7.18. The van der Waals surface area contributed by atoms with E-state index in [0.717, 1.165) is 18.8 Å². The number of rotatable bonds is 1. The van der Waals surface area contributed by atoms with Gasteiger partial charge in [-0.2, -0.15) is 0 Å². The maximum Gasteiger partial charge on any atom is 0.136 e. The monoisotopic (exact) mass is 246 g/mol. The minimum absolute atomic E-state index is 0.0686. The molecule has 0 aromatic heterocycles. The molecule has 2 fully saturated rings. The maximum absolute atomic E-state index is 12.3. The van der Waals surface area contributed by atoms with Crippen molar-refractivity contribution >= 4 is 5.78 Å². The fraction of sp³-hybridized carbons (Fsp3) is 0.824. The molecule has 0 aliphatic heterocycles. The zero-order chi connectivity index (χ0) is 13.3. The van der Waals surface area contributed by atoms with E-state index in [1.165, 1.54) is 12.8 Å². The summed E-state index contributed by atoms with van der Waals surface area (Å²) in [5.41, 5.74) is 2.16. The van der Waals surface area contributed by atoms with Crippen LogP contribution in [0.25, 0.3) is 0 Å². The van der Waals surface area contributed by atoms with E-state index >= 15 is 0 Å². The third kappa shape index (κ3) is 1.12. The first kappa shape index (κ1) is 12.4. The first-order valence-electron chi connectivity index (χ1n) is 7.43. The van der Waals surface area contributed by atoms with Gasteiger partial charge in [-0.15, -0.1) is 0 Å². The van der Waals surface area contributed by atoms with Crippen molar-refractivity contribution in [3.05, 3.63) is 11.6 Å². The average molecular weight is 246 g/mol. The molecular weight excluding hydrogens is 220 g/mol. The predicted octanol–water partition coefficient (Wildman–Crippen LogP) is 4.37. The van der Waals surface area contributed by atoms with Crippen LogP contribution in [-0.4, -0.2) is 5.78 Å². The molecule has 2 unspecified atom stereocenters. The molecule has 0 aromatic carbocycles. The Morgan fingerprint density at radius 2 is 2.00 bits per heavy atom. The second kappa shape index (κ2) is 3.29. The topological polar surface area (TPSA) is 17.1 Å². The van der Waals surface area contributed by atoms with Gasteiger partial charge in [-0.1, -0.05) is 32.4 Å². The molecule has 100 valence electrons. The van der Waals surface area contributed by atoms with Crippen molar-refractivity contribution in [1.82, 2.24) is 0 Å². The molecule has 0 aromatic rings. The molecule has 0 radical (unpaired) electrons. The Kier molecular flexibility index (Phi) is 2.28. The highest BCUT2D eigenvalue weighted by Gasteiger charge is 2.69. The van der Waals surface area contributed by atoms with Gasteiger partial charge >= 0.3 is 0 Å². The predicted molar refractivity (Wildman–Crippen MR) is 74.2 cm³/mol. The Labute approximate surface area is 111 Å². The van der Waals surface area contributed by atoms with Crippen LogP contribution in [0.5, 0.6) is 0 Å². The van der Waals surface area contributed by atoms with Crippen molar-refractivity contribution in [2.24, 2.45) is 28.1 Å². The molecule has 0 amide bonds. The van der Waals surface area contributed by atoms with Gasteiger partial charge in [-0.05, 0) is 62.2 Å². The van der Waals surface area contributed by atoms with E-state index < -0.39 is 0 Å². The molecular formula is C17H26O. The SMILES string of the molecule is CC(=O)[C@@]1(C)CCC2C(C)(C)C3C[C@@]21CC=C3C. The molecule has 0 saturated heterocycles. The van der Waals surface area contributed by atoms with Crippen molar-refractivity contribution < 1.29 is 4.79 Å². The summed E-state index contributed by atoms with van der Waals surface area (Å²) in [6.07, 6.45) is 7.20. The van der Waals surface area contributed by atoms with Gasteiger partial charge in [0, 0.05) is 5.41 Å². The van der Waals surface area contributed by atoms with Crippen LogP contribution < -0.4 is 0 Å². The molecule has 18 heavy (non-hydrogen) atoms. The molecule has 2 saturated carbocycles. The summed E-state index contributed by atoms with van der Waals surface area (Å²) in [6, 6.07) is 0. The molecule has 2 bridgehead atoms. The number of hydrogen-bond donors (Lipinski definition) is 0. The molecule has 4 atom stereocenters. The Morgan fingerprint density at radius 1 is 1.33 bits per heavy atom. The summed E-state index contributed by atoms with van der Waals surface area (Å²) >= 11 is 0. The van der Waals surface area contributed by atoms with Crippen molar-refractivity contribution in [1.29, 1.82) is 0 Å². The number of carbonyl (C=O) groups is 1. The normalized spacial score (nSPS) is 48.8. The van der Waals surface area contributed by atoms with Gasteiger partial charge < -0.3 is 0 Å². The van der Waals surface area contributed by atoms with Gasteiger partial charge in [0.15, 0.2) is 0 Å². The minimum Gasteiger partial charge on any atom is -0.299 e. The molecule has 0 heterocycles. The zero-order valence-electron chi connectivity index (χ0n) is 12.5. The highest BCUT2D eigenvalue weighted by atomic mass is 16.1. The van der Waals surface area contributed by atoms with E-state index in [-0.39, 0.29) is 10.8 Å². The molecule has 1 spiro atoms. The van der Waals surface area contributed by atoms with Crippen molar-refractivity contribution in [2.45, 2.75) is 60.3 Å². The highest BCUT2D eigenvalue weighted by Crippen LogP contribution is 2.75. The molecule has 3 rings (SSSR count). The number of Topliss-reactive ketones (excluding diaryl/α,β-unsaturated/α-hetero) is 1. The molecule has 3 aliphatic carbocycles. The van der Waals surface area contributed by atoms with Gasteiger partial charge in [-0.3, -0.25) is 4.79 Å². The first-order valence-corrected chi connectivity index (χ1v) is 7.43. The highest BCUT2D eigenvalue weighted by molar-refractivity contribution is 5.83. The van der Waals surface area contributed by atoms with Crippen molar-refractivity contribution in [3.63, 3.8) is 0 Å². The number of allylic oxidation sites excluding steroid dienone is 2. The van der Waals surface area contributed by atoms with Gasteiger partial charge in [0.25, 0.3) is 0 Å². The lowest BCUT2D eigenvalue weighted by molar-refractivity contribution is -0.132. The van der Waals surface area contributed by atoms with Crippen LogP contribution in [-0.2, 0) is 4.79 Å². The number of ketones is 1. The van der Waals surface area contributed by atoms with Crippen LogP contribution in [0.2, 0.25) is 0 Å². The van der Waals surface area contributed by atoms with E-state index in [1.54, 1.807) is 5.57 Å². The number of carbonyl (C=O) groups excluding carboxylic acids is 1. The molecule has 3 aliphatic rings. The summed E-state index contributed by atoms with van der Waals surface area (Å²) in [4.78, 5) is 12.3. The lowest BCUT2D eigenvalue weighted by Gasteiger charge is -2.44. The molecule has 0 N–H and O–H groups in total. The second-order valence-corrected chi connectivity index (χ2v) is 7.87.